The molecule has 0 N–H and O–H groups in total. The summed E-state index contributed by atoms with van der Waals surface area (Å²) in [6.45, 7) is 0. The third-order valence-corrected chi connectivity index (χ3v) is 5.65. The molecule has 2 aromatic heterocycles. The summed E-state index contributed by atoms with van der Waals surface area (Å²) in [5.41, 5.74) is 2.37. The standard InChI is InChI=1S/C15H13N3OS2/c1-19-15-17-18-9-11(16-14(18)21-15)13-8-7-12(20-13)10-5-3-2-4-6-10/h2-7,9,13H,8H2,1H3. The van der Waals surface area contributed by atoms with Crippen LogP contribution >= 0.6 is 23.1 Å². The van der Waals surface area contributed by atoms with Gasteiger partial charge < -0.3 is 4.74 Å². The number of hydrogen-bond acceptors (Lipinski definition) is 5. The van der Waals surface area contributed by atoms with E-state index in [0.717, 1.165) is 17.1 Å². The summed E-state index contributed by atoms with van der Waals surface area (Å²) in [7, 11) is 1.63. The van der Waals surface area contributed by atoms with E-state index in [-0.39, 0.29) is 0 Å². The van der Waals surface area contributed by atoms with Crippen molar-refractivity contribution in [2.45, 2.75) is 11.7 Å². The lowest BCUT2D eigenvalue weighted by Gasteiger charge is -2.06. The highest BCUT2D eigenvalue weighted by molar-refractivity contribution is 8.08. The summed E-state index contributed by atoms with van der Waals surface area (Å²) in [4.78, 5) is 6.90. The number of rotatable bonds is 3. The van der Waals surface area contributed by atoms with Crippen LogP contribution in [0.2, 0.25) is 0 Å². The Morgan fingerprint density at radius 3 is 2.90 bits per heavy atom. The molecule has 0 saturated carbocycles. The van der Waals surface area contributed by atoms with Crippen LogP contribution in [0, 0.1) is 0 Å². The van der Waals surface area contributed by atoms with Crippen LogP contribution in [-0.4, -0.2) is 21.7 Å². The smallest absolute Gasteiger partial charge is 0.294 e. The summed E-state index contributed by atoms with van der Waals surface area (Å²) >= 11 is 3.34. The van der Waals surface area contributed by atoms with Crippen molar-refractivity contribution in [2.75, 3.05) is 7.11 Å². The zero-order valence-corrected chi connectivity index (χ0v) is 13.0. The normalized spacial score (nSPS) is 18.1. The van der Waals surface area contributed by atoms with Crippen LogP contribution in [-0.2, 0) is 0 Å². The zero-order chi connectivity index (χ0) is 14.2. The van der Waals surface area contributed by atoms with Crippen LogP contribution in [0.25, 0.3) is 9.87 Å². The lowest BCUT2D eigenvalue weighted by Crippen LogP contribution is -1.89. The number of methoxy groups -OCH3 is 1. The third kappa shape index (κ3) is 2.34. The lowest BCUT2D eigenvalue weighted by molar-refractivity contribution is 0.405. The van der Waals surface area contributed by atoms with Crippen LogP contribution in [0.4, 0.5) is 0 Å². The van der Waals surface area contributed by atoms with E-state index in [1.807, 2.05) is 24.0 Å². The minimum absolute atomic E-state index is 0.375. The van der Waals surface area contributed by atoms with Crippen LogP contribution in [0.3, 0.4) is 0 Å². The molecule has 1 atom stereocenters. The Kier molecular flexibility index (Phi) is 3.20. The summed E-state index contributed by atoms with van der Waals surface area (Å²) in [6, 6.07) is 10.5. The molecule has 0 amide bonds. The first-order valence-corrected chi connectivity index (χ1v) is 8.35. The summed E-state index contributed by atoms with van der Waals surface area (Å²) in [5, 5.41) is 5.34. The maximum absolute atomic E-state index is 5.13. The van der Waals surface area contributed by atoms with Crippen LogP contribution < -0.4 is 4.74 Å². The summed E-state index contributed by atoms with van der Waals surface area (Å²) < 4.78 is 6.93. The SMILES string of the molecule is COc1nn2cc(C3CC=C(c4ccccc4)S3)nc2s1. The van der Waals surface area contributed by atoms with Gasteiger partial charge in [-0.15, -0.1) is 16.9 Å². The number of thioether (sulfide) groups is 1. The van der Waals surface area contributed by atoms with Gasteiger partial charge in [-0.2, -0.15) is 0 Å². The van der Waals surface area contributed by atoms with E-state index in [4.69, 9.17) is 4.74 Å². The van der Waals surface area contributed by atoms with Gasteiger partial charge in [-0.05, 0) is 23.3 Å². The Labute approximate surface area is 130 Å². The molecular formula is C15H13N3OS2. The average Bonchev–Trinajstić information content (AvgIpc) is 3.21. The number of fused-ring (bicyclic) bond motifs is 1. The number of imidazole rings is 1. The average molecular weight is 315 g/mol. The van der Waals surface area contributed by atoms with Crippen molar-refractivity contribution in [1.82, 2.24) is 14.6 Å². The minimum Gasteiger partial charge on any atom is -0.472 e. The van der Waals surface area contributed by atoms with E-state index in [0.29, 0.717) is 10.4 Å². The van der Waals surface area contributed by atoms with Crippen molar-refractivity contribution in [3.63, 3.8) is 0 Å². The third-order valence-electron chi connectivity index (χ3n) is 3.39. The maximum atomic E-state index is 5.13. The molecule has 1 aromatic carbocycles. The van der Waals surface area contributed by atoms with Gasteiger partial charge in [-0.25, -0.2) is 9.50 Å². The molecule has 0 radical (unpaired) electrons. The van der Waals surface area contributed by atoms with Gasteiger partial charge in [0.15, 0.2) is 0 Å². The van der Waals surface area contributed by atoms with E-state index in [1.165, 1.54) is 21.8 Å². The van der Waals surface area contributed by atoms with Crippen molar-refractivity contribution < 1.29 is 4.74 Å². The fourth-order valence-electron chi connectivity index (χ4n) is 2.37. The monoisotopic (exact) mass is 315 g/mol. The highest BCUT2D eigenvalue weighted by Crippen LogP contribution is 2.47. The maximum Gasteiger partial charge on any atom is 0.294 e. The van der Waals surface area contributed by atoms with Gasteiger partial charge >= 0.3 is 0 Å². The molecular weight excluding hydrogens is 302 g/mol. The van der Waals surface area contributed by atoms with E-state index in [2.05, 4.69) is 40.4 Å². The molecule has 106 valence electrons. The van der Waals surface area contributed by atoms with E-state index >= 15 is 0 Å². The van der Waals surface area contributed by atoms with Gasteiger partial charge in [-0.1, -0.05) is 36.4 Å². The second kappa shape index (κ2) is 5.20. The van der Waals surface area contributed by atoms with Crippen LogP contribution in [0.15, 0.2) is 42.6 Å². The molecule has 1 aliphatic rings. The fraction of sp³-hybridized carbons (Fsp3) is 0.200. The van der Waals surface area contributed by atoms with Gasteiger partial charge in [0.2, 0.25) is 4.96 Å². The van der Waals surface area contributed by atoms with Crippen molar-refractivity contribution >= 4 is 33.0 Å². The van der Waals surface area contributed by atoms with Gasteiger partial charge in [0, 0.05) is 4.91 Å². The molecule has 0 fully saturated rings. The molecule has 0 bridgehead atoms. The largest absolute Gasteiger partial charge is 0.472 e. The van der Waals surface area contributed by atoms with E-state index in [9.17, 15) is 0 Å². The Balaban J connectivity index is 1.56. The summed E-state index contributed by atoms with van der Waals surface area (Å²) in [5.74, 6) is 0. The highest BCUT2D eigenvalue weighted by Gasteiger charge is 2.23. The van der Waals surface area contributed by atoms with Crippen molar-refractivity contribution in [2.24, 2.45) is 0 Å². The van der Waals surface area contributed by atoms with Gasteiger partial charge in [0.25, 0.3) is 5.19 Å². The quantitative estimate of drug-likeness (QED) is 0.732. The molecule has 3 heterocycles. The van der Waals surface area contributed by atoms with E-state index < -0.39 is 0 Å². The van der Waals surface area contributed by atoms with Crippen LogP contribution in [0.5, 0.6) is 5.19 Å². The van der Waals surface area contributed by atoms with Gasteiger partial charge in [0.1, 0.15) is 0 Å². The van der Waals surface area contributed by atoms with Crippen LogP contribution in [0.1, 0.15) is 22.9 Å². The second-order valence-corrected chi connectivity index (χ2v) is 6.90. The number of ether oxygens (including phenoxy) is 1. The molecule has 0 aliphatic carbocycles. The minimum atomic E-state index is 0.375. The predicted octanol–water partition coefficient (Wildman–Crippen LogP) is 4.02. The predicted molar refractivity (Wildman–Crippen MR) is 86.8 cm³/mol. The Morgan fingerprint density at radius 2 is 2.14 bits per heavy atom. The highest BCUT2D eigenvalue weighted by atomic mass is 32.2. The topological polar surface area (TPSA) is 39.4 Å². The molecule has 3 aromatic rings. The summed E-state index contributed by atoms with van der Waals surface area (Å²) in [6.07, 6.45) is 5.32. The van der Waals surface area contributed by atoms with Crippen molar-refractivity contribution in [3.8, 4) is 5.19 Å². The fourth-order valence-corrected chi connectivity index (χ4v) is 4.27. The molecule has 4 rings (SSSR count). The van der Waals surface area contributed by atoms with Gasteiger partial charge in [0.05, 0.1) is 24.3 Å². The second-order valence-electron chi connectivity index (χ2n) is 4.74. The first-order chi connectivity index (χ1) is 10.3. The molecule has 1 unspecified atom stereocenters. The Morgan fingerprint density at radius 1 is 1.29 bits per heavy atom. The zero-order valence-electron chi connectivity index (χ0n) is 11.4. The molecule has 0 spiro atoms. The first-order valence-electron chi connectivity index (χ1n) is 6.66. The Bertz CT molecular complexity index is 775. The molecule has 4 nitrogen and oxygen atoms in total. The van der Waals surface area contributed by atoms with Crippen molar-refractivity contribution in [1.29, 1.82) is 0 Å². The number of allylic oxidation sites excluding steroid dienone is 1. The molecule has 6 heteroatoms. The number of aromatic nitrogens is 3. The first kappa shape index (κ1) is 12.9. The lowest BCUT2D eigenvalue weighted by atomic mass is 10.2. The van der Waals surface area contributed by atoms with Crippen molar-refractivity contribution in [3.05, 3.63) is 53.9 Å². The number of hydrogen-bond donors (Lipinski definition) is 0. The van der Waals surface area contributed by atoms with Gasteiger partial charge in [-0.3, -0.25) is 0 Å². The van der Waals surface area contributed by atoms with E-state index in [1.54, 1.807) is 11.6 Å². The molecule has 0 saturated heterocycles. The number of nitrogens with zero attached hydrogens (tertiary/aromatic N) is 3. The Hall–Kier alpha value is -1.79. The molecule has 1 aliphatic heterocycles. The molecule has 21 heavy (non-hydrogen) atoms. The number of benzene rings is 1.